The largest absolute Gasteiger partial charge is 0.391 e. The summed E-state index contributed by atoms with van der Waals surface area (Å²) in [4.78, 5) is 28.0. The maximum Gasteiger partial charge on any atom is 0.272 e. The Balaban J connectivity index is 1.46. The molecule has 0 radical (unpaired) electrons. The Bertz CT molecular complexity index is 1400. The summed E-state index contributed by atoms with van der Waals surface area (Å²) < 4.78 is 31.9. The zero-order valence-electron chi connectivity index (χ0n) is 22.7. The monoisotopic (exact) mass is 557 g/mol. The molecule has 2 N–H and O–H groups in total. The lowest BCUT2D eigenvalue weighted by molar-refractivity contribution is 0.0379. The van der Waals surface area contributed by atoms with Crippen molar-refractivity contribution in [1.29, 1.82) is 5.26 Å². The number of fused-ring (bicyclic) bond motifs is 1. The van der Waals surface area contributed by atoms with Crippen LogP contribution in [-0.2, 0) is 34.6 Å². The molecule has 2 aliphatic rings. The topological polar surface area (TPSA) is 155 Å². The number of ether oxygens (including phenoxy) is 1. The number of hydrogen-bond donors (Lipinski definition) is 2. The van der Waals surface area contributed by atoms with Crippen LogP contribution < -0.4 is 5.32 Å². The van der Waals surface area contributed by atoms with Gasteiger partial charge in [0.2, 0.25) is 0 Å². The van der Waals surface area contributed by atoms with Gasteiger partial charge in [-0.2, -0.15) is 10.4 Å². The number of hydrogen-bond acceptors (Lipinski definition) is 8. The maximum atomic E-state index is 13.7. The number of carbonyl (C=O) groups is 2. The highest BCUT2D eigenvalue weighted by Gasteiger charge is 2.61. The Morgan fingerprint density at radius 3 is 2.56 bits per heavy atom. The first-order chi connectivity index (χ1) is 18.3. The number of carbonyl (C=O) groups excluding carboxylic acids is 2. The van der Waals surface area contributed by atoms with Gasteiger partial charge in [0.05, 0.1) is 40.4 Å². The number of benzene rings is 1. The molecule has 210 valence electrons. The van der Waals surface area contributed by atoms with Crippen molar-refractivity contribution >= 4 is 21.7 Å². The Kier molecular flexibility index (Phi) is 7.89. The maximum absolute atomic E-state index is 13.7. The van der Waals surface area contributed by atoms with Crippen molar-refractivity contribution in [2.24, 2.45) is 7.05 Å². The van der Waals surface area contributed by atoms with Gasteiger partial charge in [0, 0.05) is 32.2 Å². The number of amides is 2. The van der Waals surface area contributed by atoms with Crippen molar-refractivity contribution in [3.8, 4) is 6.07 Å². The van der Waals surface area contributed by atoms with Gasteiger partial charge in [-0.3, -0.25) is 14.3 Å². The molecule has 1 saturated carbocycles. The third-order valence-corrected chi connectivity index (χ3v) is 10.7. The summed E-state index contributed by atoms with van der Waals surface area (Å²) in [5.41, 5.74) is 2.37. The summed E-state index contributed by atoms with van der Waals surface area (Å²) in [7, 11) is -2.09. The van der Waals surface area contributed by atoms with Crippen LogP contribution in [-0.4, -0.2) is 81.9 Å². The van der Waals surface area contributed by atoms with Gasteiger partial charge in [0.25, 0.3) is 11.8 Å². The lowest BCUT2D eigenvalue weighted by Gasteiger charge is -2.35. The van der Waals surface area contributed by atoms with E-state index in [4.69, 9.17) is 10.00 Å². The Morgan fingerprint density at radius 2 is 1.97 bits per heavy atom. The van der Waals surface area contributed by atoms with Crippen LogP contribution in [0, 0.1) is 11.3 Å². The molecule has 1 aliphatic carbocycles. The number of aryl methyl sites for hydroxylation is 1. The quantitative estimate of drug-likeness (QED) is 0.420. The van der Waals surface area contributed by atoms with E-state index in [9.17, 15) is 23.1 Å². The summed E-state index contributed by atoms with van der Waals surface area (Å²) in [6.45, 7) is 5.39. The fourth-order valence-electron chi connectivity index (χ4n) is 5.00. The predicted molar refractivity (Wildman–Crippen MR) is 143 cm³/mol. The van der Waals surface area contributed by atoms with Crippen molar-refractivity contribution in [2.45, 2.75) is 62.2 Å². The normalized spacial score (nSPS) is 17.3. The molecule has 1 aromatic heterocycles. The second-order valence-electron chi connectivity index (χ2n) is 11.1. The highest BCUT2D eigenvalue weighted by Crippen LogP contribution is 2.49. The summed E-state index contributed by atoms with van der Waals surface area (Å²) in [5.74, 6) is -0.750. The lowest BCUT2D eigenvalue weighted by Crippen LogP contribution is -2.52. The van der Waals surface area contributed by atoms with E-state index in [0.717, 1.165) is 5.56 Å². The molecule has 39 heavy (non-hydrogen) atoms. The molecule has 1 aromatic carbocycles. The molecule has 1 fully saturated rings. The molecule has 4 rings (SSSR count). The molecule has 11 nitrogen and oxygen atoms in total. The van der Waals surface area contributed by atoms with Gasteiger partial charge in [0.1, 0.15) is 5.69 Å². The van der Waals surface area contributed by atoms with E-state index < -0.39 is 31.3 Å². The van der Waals surface area contributed by atoms with Gasteiger partial charge in [-0.15, -0.1) is 0 Å². The van der Waals surface area contributed by atoms with Crippen LogP contribution in [0.2, 0.25) is 0 Å². The molecule has 2 amide bonds. The third-order valence-electron chi connectivity index (χ3n) is 7.41. The van der Waals surface area contributed by atoms with E-state index in [1.807, 2.05) is 0 Å². The van der Waals surface area contributed by atoms with Gasteiger partial charge in [-0.25, -0.2) is 8.42 Å². The van der Waals surface area contributed by atoms with Crippen LogP contribution in [0.15, 0.2) is 24.3 Å². The van der Waals surface area contributed by atoms with Crippen LogP contribution in [0.5, 0.6) is 0 Å². The molecule has 2 aromatic rings. The molecule has 0 unspecified atom stereocenters. The number of aliphatic hydroxyl groups is 1. The lowest BCUT2D eigenvalue weighted by atomic mass is 10.0. The minimum atomic E-state index is -3.69. The number of aromatic nitrogens is 2. The van der Waals surface area contributed by atoms with Gasteiger partial charge < -0.3 is 20.1 Å². The summed E-state index contributed by atoms with van der Waals surface area (Å²) in [5, 5.41) is 25.5. The average Bonchev–Trinajstić information content (AvgIpc) is 3.60. The Labute approximate surface area is 228 Å². The van der Waals surface area contributed by atoms with Gasteiger partial charge in [-0.05, 0) is 57.7 Å². The Hall–Kier alpha value is -3.27. The standard InChI is InChI=1S/C27H35N5O6S/c1-18(33)15-38-17-26(2,3)39(36,37)27(10-11-27)16-32-12-9-21-22(30-31(4)23(21)25(32)35)24(34)29-14-20-7-5-19(13-28)6-8-20/h5-8,18,33H,9-12,14-17H2,1-4H3,(H,29,34)/t18-/m1/s1. The summed E-state index contributed by atoms with van der Waals surface area (Å²) in [6.07, 6.45) is 0.603. The first-order valence-electron chi connectivity index (χ1n) is 12.9. The van der Waals surface area contributed by atoms with E-state index in [1.165, 1.54) is 4.68 Å². The van der Waals surface area contributed by atoms with E-state index in [0.29, 0.717) is 30.4 Å². The first kappa shape index (κ1) is 28.7. The van der Waals surface area contributed by atoms with Crippen LogP contribution in [0.25, 0.3) is 0 Å². The Morgan fingerprint density at radius 1 is 1.31 bits per heavy atom. The molecule has 2 heterocycles. The van der Waals surface area contributed by atoms with Crippen LogP contribution in [0.3, 0.4) is 0 Å². The number of sulfone groups is 1. The van der Waals surface area contributed by atoms with Crippen LogP contribution in [0.1, 0.15) is 71.3 Å². The van der Waals surface area contributed by atoms with Crippen molar-refractivity contribution in [2.75, 3.05) is 26.3 Å². The van der Waals surface area contributed by atoms with Gasteiger partial charge in [0.15, 0.2) is 15.5 Å². The van der Waals surface area contributed by atoms with Crippen molar-refractivity contribution in [3.63, 3.8) is 0 Å². The minimum Gasteiger partial charge on any atom is -0.391 e. The van der Waals surface area contributed by atoms with E-state index in [-0.39, 0.29) is 50.1 Å². The fraction of sp³-hybridized carbons (Fsp3) is 0.556. The highest BCUT2D eigenvalue weighted by molar-refractivity contribution is 7.94. The van der Waals surface area contributed by atoms with Crippen LogP contribution >= 0.6 is 0 Å². The molecule has 0 saturated heterocycles. The van der Waals surface area contributed by atoms with Crippen molar-refractivity contribution in [3.05, 3.63) is 52.3 Å². The zero-order chi connectivity index (χ0) is 28.6. The average molecular weight is 558 g/mol. The second-order valence-corrected chi connectivity index (χ2v) is 14.1. The van der Waals surface area contributed by atoms with E-state index in [1.54, 1.807) is 57.0 Å². The number of aliphatic hydroxyl groups excluding tert-OH is 1. The molecule has 1 aliphatic heterocycles. The number of nitriles is 1. The fourth-order valence-corrected chi connectivity index (χ4v) is 7.38. The number of rotatable bonds is 11. The molecule has 1 atom stereocenters. The molecule has 12 heteroatoms. The first-order valence-corrected chi connectivity index (χ1v) is 14.4. The zero-order valence-corrected chi connectivity index (χ0v) is 23.5. The summed E-state index contributed by atoms with van der Waals surface area (Å²) in [6, 6.07) is 8.92. The third kappa shape index (κ3) is 5.57. The molecule has 0 spiro atoms. The van der Waals surface area contributed by atoms with Gasteiger partial charge >= 0.3 is 0 Å². The second kappa shape index (κ2) is 10.7. The number of nitrogens with zero attached hydrogens (tertiary/aromatic N) is 4. The minimum absolute atomic E-state index is 0.0449. The number of nitrogens with one attached hydrogen (secondary N) is 1. The van der Waals surface area contributed by atoms with Crippen molar-refractivity contribution in [1.82, 2.24) is 20.0 Å². The smallest absolute Gasteiger partial charge is 0.272 e. The highest BCUT2D eigenvalue weighted by atomic mass is 32.2. The SMILES string of the molecule is C[C@@H](O)COCC(C)(C)S(=O)(=O)C1(CN2CCc3c(C(=O)NCc4ccc(C#N)cc4)nn(C)c3C2=O)CC1. The van der Waals surface area contributed by atoms with Crippen LogP contribution in [0.4, 0.5) is 0 Å². The molecular formula is C27H35N5O6S. The van der Waals surface area contributed by atoms with E-state index in [2.05, 4.69) is 16.5 Å². The summed E-state index contributed by atoms with van der Waals surface area (Å²) >= 11 is 0. The molecular weight excluding hydrogens is 522 g/mol. The van der Waals surface area contributed by atoms with Crippen molar-refractivity contribution < 1.29 is 27.9 Å². The predicted octanol–water partition coefficient (Wildman–Crippen LogP) is 1.34. The van der Waals surface area contributed by atoms with Gasteiger partial charge in [-0.1, -0.05) is 12.1 Å². The molecule has 0 bridgehead atoms. The van der Waals surface area contributed by atoms with E-state index >= 15 is 0 Å².